The zero-order chi connectivity index (χ0) is 23.2. The smallest absolute Gasteiger partial charge is 0.331 e. The van der Waals surface area contributed by atoms with Gasteiger partial charge in [-0.05, 0) is 35.7 Å². The van der Waals surface area contributed by atoms with E-state index in [1.54, 1.807) is 36.4 Å². The Kier molecular flexibility index (Phi) is 5.10. The SMILES string of the molecule is COC(=O)[C@]1(c2ccccc2)N[C@H](c2ccccc2C)[C@H]2C(=O)N(c3ccccc3)C(=O)[C@H]21. The Labute approximate surface area is 192 Å². The van der Waals surface area contributed by atoms with Gasteiger partial charge in [0.05, 0.1) is 24.6 Å². The van der Waals surface area contributed by atoms with E-state index in [9.17, 15) is 14.4 Å². The van der Waals surface area contributed by atoms with Crippen LogP contribution in [0.4, 0.5) is 5.69 Å². The molecule has 33 heavy (non-hydrogen) atoms. The molecule has 5 rings (SSSR count). The highest BCUT2D eigenvalue weighted by Gasteiger charge is 2.69. The first-order valence-corrected chi connectivity index (χ1v) is 10.9. The molecule has 2 amide bonds. The normalized spacial score (nSPS) is 26.4. The highest BCUT2D eigenvalue weighted by atomic mass is 16.5. The first-order valence-electron chi connectivity index (χ1n) is 10.9. The number of carbonyl (C=O) groups excluding carboxylic acids is 3. The predicted molar refractivity (Wildman–Crippen MR) is 123 cm³/mol. The molecule has 0 unspecified atom stereocenters. The van der Waals surface area contributed by atoms with Crippen molar-refractivity contribution in [2.45, 2.75) is 18.5 Å². The number of rotatable bonds is 4. The lowest BCUT2D eigenvalue weighted by atomic mass is 9.75. The van der Waals surface area contributed by atoms with Crippen molar-refractivity contribution in [1.82, 2.24) is 5.32 Å². The number of aryl methyl sites for hydroxylation is 1. The third kappa shape index (κ3) is 3.02. The van der Waals surface area contributed by atoms with E-state index < -0.39 is 35.3 Å². The molecule has 2 aliphatic heterocycles. The van der Waals surface area contributed by atoms with Crippen molar-refractivity contribution in [2.24, 2.45) is 11.8 Å². The van der Waals surface area contributed by atoms with Crippen LogP contribution in [-0.4, -0.2) is 24.9 Å². The number of imide groups is 1. The summed E-state index contributed by atoms with van der Waals surface area (Å²) in [5, 5.41) is 3.42. The average Bonchev–Trinajstić information content (AvgIpc) is 3.34. The topological polar surface area (TPSA) is 75.7 Å². The molecule has 6 nitrogen and oxygen atoms in total. The third-order valence-electron chi connectivity index (χ3n) is 6.83. The maximum atomic E-state index is 13.9. The molecule has 0 bridgehead atoms. The van der Waals surface area contributed by atoms with Gasteiger partial charge in [-0.15, -0.1) is 0 Å². The van der Waals surface area contributed by atoms with Gasteiger partial charge in [0.1, 0.15) is 0 Å². The minimum Gasteiger partial charge on any atom is -0.467 e. The van der Waals surface area contributed by atoms with Gasteiger partial charge < -0.3 is 4.74 Å². The summed E-state index contributed by atoms with van der Waals surface area (Å²) in [5.41, 5.74) is 1.45. The highest BCUT2D eigenvalue weighted by Crippen LogP contribution is 2.54. The summed E-state index contributed by atoms with van der Waals surface area (Å²) in [7, 11) is 1.31. The van der Waals surface area contributed by atoms with Crippen molar-refractivity contribution in [1.29, 1.82) is 0 Å². The number of hydrogen-bond donors (Lipinski definition) is 1. The third-order valence-corrected chi connectivity index (χ3v) is 6.83. The largest absolute Gasteiger partial charge is 0.467 e. The molecule has 0 saturated carbocycles. The highest BCUT2D eigenvalue weighted by molar-refractivity contribution is 6.24. The monoisotopic (exact) mass is 440 g/mol. The Morgan fingerprint density at radius 2 is 1.48 bits per heavy atom. The Morgan fingerprint density at radius 1 is 0.879 bits per heavy atom. The second-order valence-corrected chi connectivity index (χ2v) is 8.50. The first kappa shape index (κ1) is 21.1. The average molecular weight is 440 g/mol. The number of para-hydroxylation sites is 1. The van der Waals surface area contributed by atoms with E-state index >= 15 is 0 Å². The van der Waals surface area contributed by atoms with Gasteiger partial charge >= 0.3 is 5.97 Å². The summed E-state index contributed by atoms with van der Waals surface area (Å²) in [6.07, 6.45) is 0. The zero-order valence-corrected chi connectivity index (χ0v) is 18.4. The number of methoxy groups -OCH3 is 1. The van der Waals surface area contributed by atoms with E-state index in [4.69, 9.17) is 4.74 Å². The van der Waals surface area contributed by atoms with Gasteiger partial charge in [-0.1, -0.05) is 72.8 Å². The number of carbonyl (C=O) groups is 3. The number of hydrogen-bond acceptors (Lipinski definition) is 5. The van der Waals surface area contributed by atoms with Crippen LogP contribution in [0.5, 0.6) is 0 Å². The summed E-state index contributed by atoms with van der Waals surface area (Å²) in [5.74, 6) is -3.04. The Bertz CT molecular complexity index is 1230. The van der Waals surface area contributed by atoms with E-state index in [2.05, 4.69) is 5.32 Å². The van der Waals surface area contributed by atoms with E-state index in [1.165, 1.54) is 12.0 Å². The number of esters is 1. The van der Waals surface area contributed by atoms with Crippen molar-refractivity contribution in [3.63, 3.8) is 0 Å². The Balaban J connectivity index is 1.75. The maximum absolute atomic E-state index is 13.9. The Hall–Kier alpha value is -3.77. The molecule has 2 aliphatic rings. The zero-order valence-electron chi connectivity index (χ0n) is 18.4. The van der Waals surface area contributed by atoms with Crippen molar-refractivity contribution in [3.05, 3.63) is 102 Å². The summed E-state index contributed by atoms with van der Waals surface area (Å²) < 4.78 is 5.26. The van der Waals surface area contributed by atoms with Crippen LogP contribution in [0.2, 0.25) is 0 Å². The molecule has 2 saturated heterocycles. The number of nitrogens with zero attached hydrogens (tertiary/aromatic N) is 1. The van der Waals surface area contributed by atoms with E-state index in [1.807, 2.05) is 55.5 Å². The number of anilines is 1. The predicted octanol–water partition coefficient (Wildman–Crippen LogP) is 3.51. The number of fused-ring (bicyclic) bond motifs is 1. The van der Waals surface area contributed by atoms with Crippen LogP contribution in [0.1, 0.15) is 22.7 Å². The van der Waals surface area contributed by atoms with Crippen LogP contribution in [0.25, 0.3) is 0 Å². The van der Waals surface area contributed by atoms with Crippen molar-refractivity contribution >= 4 is 23.5 Å². The van der Waals surface area contributed by atoms with E-state index in [0.29, 0.717) is 11.3 Å². The van der Waals surface area contributed by atoms with Crippen molar-refractivity contribution < 1.29 is 19.1 Å². The van der Waals surface area contributed by atoms with Crippen LogP contribution in [0.3, 0.4) is 0 Å². The van der Waals surface area contributed by atoms with Crippen LogP contribution < -0.4 is 10.2 Å². The molecule has 4 atom stereocenters. The quantitative estimate of drug-likeness (QED) is 0.496. The summed E-state index contributed by atoms with van der Waals surface area (Å²) >= 11 is 0. The van der Waals surface area contributed by atoms with Gasteiger partial charge in [-0.3, -0.25) is 14.9 Å². The molecule has 1 N–H and O–H groups in total. The second-order valence-electron chi connectivity index (χ2n) is 8.50. The van der Waals surface area contributed by atoms with Gasteiger partial charge in [0.2, 0.25) is 11.8 Å². The maximum Gasteiger partial charge on any atom is 0.331 e. The molecule has 166 valence electrons. The minimum absolute atomic E-state index is 0.321. The van der Waals surface area contributed by atoms with Crippen molar-refractivity contribution in [2.75, 3.05) is 12.0 Å². The van der Waals surface area contributed by atoms with Gasteiger partial charge in [-0.25, -0.2) is 9.69 Å². The number of benzene rings is 3. The summed E-state index contributed by atoms with van der Waals surface area (Å²) in [6, 6.07) is 25.1. The molecule has 0 aromatic heterocycles. The van der Waals surface area contributed by atoms with Crippen LogP contribution in [0.15, 0.2) is 84.9 Å². The molecular formula is C27H24N2O4. The standard InChI is InChI=1S/C27H24N2O4/c1-17-11-9-10-16-20(17)23-21-22(25(31)29(24(21)30)19-14-7-4-8-15-19)27(28-23,26(32)33-2)18-12-5-3-6-13-18/h3-16,21-23,28H,1-2H3/t21-,22-,23+,27+/m0/s1. The lowest BCUT2D eigenvalue weighted by molar-refractivity contribution is -0.152. The molecule has 0 radical (unpaired) electrons. The number of nitrogens with one attached hydrogen (secondary N) is 1. The van der Waals surface area contributed by atoms with E-state index in [0.717, 1.165) is 11.1 Å². The molecule has 2 fully saturated rings. The lowest BCUT2D eigenvalue weighted by Gasteiger charge is -2.33. The van der Waals surface area contributed by atoms with Crippen LogP contribution >= 0.6 is 0 Å². The lowest BCUT2D eigenvalue weighted by Crippen LogP contribution is -2.53. The van der Waals surface area contributed by atoms with Crippen molar-refractivity contribution in [3.8, 4) is 0 Å². The number of ether oxygens (including phenoxy) is 1. The summed E-state index contributed by atoms with van der Waals surface area (Å²) in [6.45, 7) is 1.96. The molecule has 6 heteroatoms. The van der Waals surface area contributed by atoms with E-state index in [-0.39, 0.29) is 5.91 Å². The minimum atomic E-state index is -1.50. The van der Waals surface area contributed by atoms with Gasteiger partial charge in [0.15, 0.2) is 5.54 Å². The van der Waals surface area contributed by atoms with Crippen LogP contribution in [-0.2, 0) is 24.7 Å². The van der Waals surface area contributed by atoms with Gasteiger partial charge in [-0.2, -0.15) is 0 Å². The molecule has 2 heterocycles. The fourth-order valence-electron chi connectivity index (χ4n) is 5.37. The molecule has 3 aromatic rings. The molecular weight excluding hydrogens is 416 g/mol. The molecule has 3 aromatic carbocycles. The second kappa shape index (κ2) is 7.98. The van der Waals surface area contributed by atoms with Gasteiger partial charge in [0.25, 0.3) is 0 Å². The van der Waals surface area contributed by atoms with Crippen LogP contribution in [0, 0.1) is 18.8 Å². The molecule has 0 spiro atoms. The summed E-state index contributed by atoms with van der Waals surface area (Å²) in [4.78, 5) is 42.5. The fraction of sp³-hybridized carbons (Fsp3) is 0.222. The Morgan fingerprint density at radius 3 is 2.12 bits per heavy atom. The fourth-order valence-corrected chi connectivity index (χ4v) is 5.37. The molecule has 0 aliphatic carbocycles. The van der Waals surface area contributed by atoms with Gasteiger partial charge in [0, 0.05) is 6.04 Å². The number of amides is 2. The first-order chi connectivity index (χ1) is 16.0.